The minimum absolute atomic E-state index is 0.195. The van der Waals surface area contributed by atoms with Crippen molar-refractivity contribution >= 4 is 11.9 Å². The molecule has 0 aliphatic heterocycles. The van der Waals surface area contributed by atoms with Gasteiger partial charge in [-0.05, 0) is 29.7 Å². The number of aryl methyl sites for hydroxylation is 1. The SMILES string of the molecule is COc1ccc(C(NC(=O)c2cc(C(C)C)n(C)n2)C(=O)O)cc1. The van der Waals surface area contributed by atoms with Crippen LogP contribution in [-0.2, 0) is 11.8 Å². The van der Waals surface area contributed by atoms with Crippen LogP contribution in [0.25, 0.3) is 0 Å². The molecule has 1 amide bonds. The summed E-state index contributed by atoms with van der Waals surface area (Å²) in [5.41, 5.74) is 1.55. The van der Waals surface area contributed by atoms with E-state index in [1.165, 1.54) is 7.11 Å². The third kappa shape index (κ3) is 3.73. The number of nitrogens with zero attached hydrogens (tertiary/aromatic N) is 2. The van der Waals surface area contributed by atoms with Crippen molar-refractivity contribution in [1.82, 2.24) is 15.1 Å². The standard InChI is InChI=1S/C17H21N3O4/c1-10(2)14-9-13(19-20(14)3)16(21)18-15(17(22)23)11-5-7-12(24-4)8-6-11/h5-10,15H,1-4H3,(H,18,21)(H,22,23). The maximum absolute atomic E-state index is 12.4. The van der Waals surface area contributed by atoms with E-state index in [1.807, 2.05) is 13.8 Å². The summed E-state index contributed by atoms with van der Waals surface area (Å²) in [7, 11) is 3.28. The Morgan fingerprint density at radius 3 is 2.33 bits per heavy atom. The highest BCUT2D eigenvalue weighted by Gasteiger charge is 2.24. The van der Waals surface area contributed by atoms with Gasteiger partial charge in [-0.1, -0.05) is 26.0 Å². The largest absolute Gasteiger partial charge is 0.497 e. The number of hydrogen-bond donors (Lipinski definition) is 2. The van der Waals surface area contributed by atoms with Gasteiger partial charge < -0.3 is 15.2 Å². The van der Waals surface area contributed by atoms with Gasteiger partial charge in [-0.2, -0.15) is 5.10 Å². The number of carboxylic acids is 1. The monoisotopic (exact) mass is 331 g/mol. The molecule has 2 rings (SSSR count). The van der Waals surface area contributed by atoms with Gasteiger partial charge in [0.25, 0.3) is 5.91 Å². The Hall–Kier alpha value is -2.83. The summed E-state index contributed by atoms with van der Waals surface area (Å²) in [6.07, 6.45) is 0. The molecule has 24 heavy (non-hydrogen) atoms. The van der Waals surface area contributed by atoms with E-state index in [1.54, 1.807) is 42.1 Å². The van der Waals surface area contributed by atoms with Crippen LogP contribution >= 0.6 is 0 Å². The number of nitrogens with one attached hydrogen (secondary N) is 1. The van der Waals surface area contributed by atoms with Crippen LogP contribution in [0.4, 0.5) is 0 Å². The lowest BCUT2D eigenvalue weighted by atomic mass is 10.1. The third-order valence-electron chi connectivity index (χ3n) is 3.71. The topological polar surface area (TPSA) is 93.5 Å². The molecule has 0 spiro atoms. The Kier molecular flexibility index (Phi) is 5.23. The lowest BCUT2D eigenvalue weighted by Gasteiger charge is -2.14. The molecule has 0 fully saturated rings. The van der Waals surface area contributed by atoms with E-state index in [0.29, 0.717) is 11.3 Å². The zero-order valence-corrected chi connectivity index (χ0v) is 14.1. The van der Waals surface area contributed by atoms with Crippen molar-refractivity contribution in [2.75, 3.05) is 7.11 Å². The number of aliphatic carboxylic acids is 1. The second kappa shape index (κ2) is 7.16. The summed E-state index contributed by atoms with van der Waals surface area (Å²) in [6, 6.07) is 7.02. The van der Waals surface area contributed by atoms with Gasteiger partial charge in [0, 0.05) is 12.7 Å². The molecule has 128 valence electrons. The highest BCUT2D eigenvalue weighted by Crippen LogP contribution is 2.19. The molecule has 2 N–H and O–H groups in total. The average Bonchev–Trinajstić information content (AvgIpc) is 2.94. The van der Waals surface area contributed by atoms with Crippen LogP contribution in [0, 0.1) is 0 Å². The molecular formula is C17H21N3O4. The van der Waals surface area contributed by atoms with E-state index in [2.05, 4.69) is 10.4 Å². The molecule has 1 aromatic heterocycles. The molecule has 7 heteroatoms. The number of aromatic nitrogens is 2. The fourth-order valence-electron chi connectivity index (χ4n) is 2.42. The van der Waals surface area contributed by atoms with Crippen LogP contribution in [0.1, 0.15) is 47.6 Å². The normalized spacial score (nSPS) is 12.0. The summed E-state index contributed by atoms with van der Waals surface area (Å²) in [4.78, 5) is 23.9. The van der Waals surface area contributed by atoms with Gasteiger partial charge >= 0.3 is 5.97 Å². The van der Waals surface area contributed by atoms with Gasteiger partial charge in [0.15, 0.2) is 6.04 Å². The summed E-state index contributed by atoms with van der Waals surface area (Å²) >= 11 is 0. The number of benzene rings is 1. The highest BCUT2D eigenvalue weighted by atomic mass is 16.5. The maximum atomic E-state index is 12.4. The van der Waals surface area contributed by atoms with Crippen LogP contribution in [-0.4, -0.2) is 33.9 Å². The third-order valence-corrected chi connectivity index (χ3v) is 3.71. The molecule has 7 nitrogen and oxygen atoms in total. The molecular weight excluding hydrogens is 310 g/mol. The Labute approximate surface area is 140 Å². The smallest absolute Gasteiger partial charge is 0.330 e. The van der Waals surface area contributed by atoms with E-state index in [-0.39, 0.29) is 11.6 Å². The number of ether oxygens (including phenoxy) is 1. The zero-order valence-electron chi connectivity index (χ0n) is 14.1. The van der Waals surface area contributed by atoms with Crippen molar-refractivity contribution < 1.29 is 19.4 Å². The second-order valence-electron chi connectivity index (χ2n) is 5.75. The first kappa shape index (κ1) is 17.5. The quantitative estimate of drug-likeness (QED) is 0.845. The van der Waals surface area contributed by atoms with Crippen LogP contribution in [0.2, 0.25) is 0 Å². The highest BCUT2D eigenvalue weighted by molar-refractivity contribution is 5.95. The van der Waals surface area contributed by atoms with E-state index in [9.17, 15) is 14.7 Å². The summed E-state index contributed by atoms with van der Waals surface area (Å²) in [5.74, 6) is -0.851. The maximum Gasteiger partial charge on any atom is 0.330 e. The van der Waals surface area contributed by atoms with Crippen molar-refractivity contribution in [3.8, 4) is 5.75 Å². The van der Waals surface area contributed by atoms with Gasteiger partial charge in [0.05, 0.1) is 7.11 Å². The molecule has 0 saturated carbocycles. The van der Waals surface area contributed by atoms with Crippen LogP contribution < -0.4 is 10.1 Å². The van der Waals surface area contributed by atoms with Crippen LogP contribution in [0.3, 0.4) is 0 Å². The van der Waals surface area contributed by atoms with Crippen LogP contribution in [0.5, 0.6) is 5.75 Å². The Morgan fingerprint density at radius 2 is 1.88 bits per heavy atom. The molecule has 1 atom stereocenters. The molecule has 1 heterocycles. The second-order valence-corrected chi connectivity index (χ2v) is 5.75. The fourth-order valence-corrected chi connectivity index (χ4v) is 2.42. The number of rotatable bonds is 6. The predicted octanol–water partition coefficient (Wildman–Crippen LogP) is 2.11. The number of methoxy groups -OCH3 is 1. The predicted molar refractivity (Wildman–Crippen MR) is 88.1 cm³/mol. The summed E-state index contributed by atoms with van der Waals surface area (Å²) < 4.78 is 6.68. The first-order chi connectivity index (χ1) is 11.3. The van der Waals surface area contributed by atoms with E-state index in [4.69, 9.17) is 4.74 Å². The Balaban J connectivity index is 2.22. The van der Waals surface area contributed by atoms with Crippen molar-refractivity contribution in [2.45, 2.75) is 25.8 Å². The Bertz CT molecular complexity index is 735. The summed E-state index contributed by atoms with van der Waals surface area (Å²) in [6.45, 7) is 3.99. The van der Waals surface area contributed by atoms with Gasteiger partial charge in [-0.15, -0.1) is 0 Å². The first-order valence-corrected chi connectivity index (χ1v) is 7.55. The number of carbonyl (C=O) groups is 2. The van der Waals surface area contributed by atoms with Crippen molar-refractivity contribution in [3.63, 3.8) is 0 Å². The van der Waals surface area contributed by atoms with Crippen molar-refractivity contribution in [2.24, 2.45) is 7.05 Å². The van der Waals surface area contributed by atoms with Gasteiger partial charge in [-0.25, -0.2) is 4.79 Å². The molecule has 1 aromatic carbocycles. The minimum atomic E-state index is -1.16. The lowest BCUT2D eigenvalue weighted by Crippen LogP contribution is -2.34. The van der Waals surface area contributed by atoms with Crippen molar-refractivity contribution in [1.29, 1.82) is 0 Å². The van der Waals surface area contributed by atoms with E-state index >= 15 is 0 Å². The number of hydrogen-bond acceptors (Lipinski definition) is 4. The Morgan fingerprint density at radius 1 is 1.25 bits per heavy atom. The fraction of sp³-hybridized carbons (Fsp3) is 0.353. The van der Waals surface area contributed by atoms with Gasteiger partial charge in [0.2, 0.25) is 0 Å². The molecule has 0 bridgehead atoms. The summed E-state index contributed by atoms with van der Waals surface area (Å²) in [5, 5.41) is 16.1. The van der Waals surface area contributed by atoms with Crippen LogP contribution in [0.15, 0.2) is 30.3 Å². The number of amides is 1. The number of carboxylic acid groups (broad SMARTS) is 1. The van der Waals surface area contributed by atoms with Crippen molar-refractivity contribution in [3.05, 3.63) is 47.3 Å². The van der Waals surface area contributed by atoms with E-state index < -0.39 is 17.9 Å². The number of carbonyl (C=O) groups excluding carboxylic acids is 1. The molecule has 0 saturated heterocycles. The van der Waals surface area contributed by atoms with Gasteiger partial charge in [0.1, 0.15) is 11.4 Å². The lowest BCUT2D eigenvalue weighted by molar-refractivity contribution is -0.139. The molecule has 0 radical (unpaired) electrons. The first-order valence-electron chi connectivity index (χ1n) is 7.55. The minimum Gasteiger partial charge on any atom is -0.497 e. The molecule has 0 aliphatic carbocycles. The molecule has 2 aromatic rings. The van der Waals surface area contributed by atoms with Gasteiger partial charge in [-0.3, -0.25) is 9.48 Å². The molecule has 1 unspecified atom stereocenters. The average molecular weight is 331 g/mol. The molecule has 0 aliphatic rings. The van der Waals surface area contributed by atoms with E-state index in [0.717, 1.165) is 5.69 Å². The zero-order chi connectivity index (χ0) is 17.9.